The van der Waals surface area contributed by atoms with E-state index in [1.807, 2.05) is 24.3 Å². The van der Waals surface area contributed by atoms with Crippen LogP contribution in [0.2, 0.25) is 0 Å². The topological polar surface area (TPSA) is 63.8 Å². The van der Waals surface area contributed by atoms with E-state index in [1.54, 1.807) is 26.0 Å². The summed E-state index contributed by atoms with van der Waals surface area (Å²) in [5.41, 5.74) is 0.786. The largest absolute Gasteiger partial charge is 0.402 e. The number of benzene rings is 1. The van der Waals surface area contributed by atoms with Gasteiger partial charge in [0.05, 0.1) is 13.2 Å². The van der Waals surface area contributed by atoms with Gasteiger partial charge in [0.15, 0.2) is 5.71 Å². The molecule has 0 heterocycles. The minimum atomic E-state index is -2.91. The van der Waals surface area contributed by atoms with Crippen LogP contribution in [-0.4, -0.2) is 18.9 Å². The van der Waals surface area contributed by atoms with Crippen LogP contribution in [-0.2, 0) is 25.5 Å². The highest BCUT2D eigenvalue weighted by atomic mass is 32.5. The van der Waals surface area contributed by atoms with Gasteiger partial charge < -0.3 is 4.62 Å². The lowest BCUT2D eigenvalue weighted by Gasteiger charge is -2.17. The van der Waals surface area contributed by atoms with Crippen molar-refractivity contribution in [3.63, 3.8) is 0 Å². The fourth-order valence-electron chi connectivity index (χ4n) is 1.23. The van der Waals surface area contributed by atoms with E-state index < -0.39 is 6.72 Å². The second-order valence-corrected chi connectivity index (χ2v) is 6.20. The van der Waals surface area contributed by atoms with E-state index in [9.17, 15) is 0 Å². The molecule has 0 saturated heterocycles. The average molecular weight is 298 g/mol. The first-order chi connectivity index (χ1) is 9.15. The molecule has 0 amide bonds. The van der Waals surface area contributed by atoms with Crippen LogP contribution < -0.4 is 0 Å². The zero-order chi connectivity index (χ0) is 14.1. The van der Waals surface area contributed by atoms with Crippen molar-refractivity contribution in [1.82, 2.24) is 0 Å². The van der Waals surface area contributed by atoms with Crippen molar-refractivity contribution >= 4 is 24.2 Å². The van der Waals surface area contributed by atoms with E-state index >= 15 is 0 Å². The van der Waals surface area contributed by atoms with Crippen LogP contribution in [0.1, 0.15) is 19.4 Å². The predicted octanol–water partition coefficient (Wildman–Crippen LogP) is 3.23. The van der Waals surface area contributed by atoms with Crippen LogP contribution in [0.5, 0.6) is 0 Å². The standard InChI is InChI=1S/C12H15N2O3PS/c1-3-15-18(19,16-4-2)17-14-12(10-13)11-8-6-5-7-9-11/h5-9H,3-4H2,1-2H3/b14-12-. The summed E-state index contributed by atoms with van der Waals surface area (Å²) in [6.07, 6.45) is 0. The van der Waals surface area contributed by atoms with E-state index in [2.05, 4.69) is 5.16 Å². The number of hydrogen-bond acceptors (Lipinski definition) is 6. The first-order valence-corrected chi connectivity index (χ1v) is 8.32. The zero-order valence-electron chi connectivity index (χ0n) is 10.8. The maximum atomic E-state index is 9.07. The third-order valence-corrected chi connectivity index (χ3v) is 4.22. The molecular formula is C12H15N2O3PS. The molecule has 0 fully saturated rings. The van der Waals surface area contributed by atoms with Crippen LogP contribution in [0.25, 0.3) is 0 Å². The third kappa shape index (κ3) is 5.09. The SMILES string of the molecule is CCOP(=S)(OCC)O/N=C(/C#N)c1ccccc1. The Labute approximate surface area is 118 Å². The molecule has 0 N–H and O–H groups in total. The van der Waals surface area contributed by atoms with E-state index in [1.165, 1.54) is 0 Å². The molecule has 0 atom stereocenters. The molecule has 0 saturated carbocycles. The first-order valence-electron chi connectivity index (χ1n) is 5.76. The fourth-order valence-corrected chi connectivity index (χ4v) is 2.94. The van der Waals surface area contributed by atoms with Gasteiger partial charge in [-0.1, -0.05) is 35.5 Å². The molecule has 0 aliphatic heterocycles. The zero-order valence-corrected chi connectivity index (χ0v) is 12.5. The van der Waals surface area contributed by atoms with Crippen molar-refractivity contribution in [1.29, 1.82) is 5.26 Å². The Balaban J connectivity index is 2.88. The summed E-state index contributed by atoms with van der Waals surface area (Å²) >= 11 is 5.14. The lowest BCUT2D eigenvalue weighted by atomic mass is 10.1. The van der Waals surface area contributed by atoms with Gasteiger partial charge in [-0.2, -0.15) is 5.26 Å². The second-order valence-electron chi connectivity index (χ2n) is 3.28. The minimum Gasteiger partial charge on any atom is -0.312 e. The Kier molecular flexibility index (Phi) is 6.68. The summed E-state index contributed by atoms with van der Waals surface area (Å²) < 4.78 is 15.7. The Bertz CT molecular complexity index is 503. The Morgan fingerprint density at radius 1 is 1.26 bits per heavy atom. The van der Waals surface area contributed by atoms with Crippen LogP contribution in [0.4, 0.5) is 0 Å². The van der Waals surface area contributed by atoms with Crippen molar-refractivity contribution < 1.29 is 13.7 Å². The molecule has 1 rings (SSSR count). The van der Waals surface area contributed by atoms with Crippen molar-refractivity contribution in [3.8, 4) is 6.07 Å². The van der Waals surface area contributed by atoms with Crippen molar-refractivity contribution in [2.45, 2.75) is 13.8 Å². The second kappa shape index (κ2) is 8.03. The van der Waals surface area contributed by atoms with E-state index in [0.29, 0.717) is 18.8 Å². The number of hydrogen-bond donors (Lipinski definition) is 0. The molecule has 1 aromatic rings. The van der Waals surface area contributed by atoms with Gasteiger partial charge in [0.2, 0.25) is 0 Å². The summed E-state index contributed by atoms with van der Waals surface area (Å²) in [7, 11) is 0. The molecule has 0 aliphatic carbocycles. The lowest BCUT2D eigenvalue weighted by Crippen LogP contribution is -2.01. The fraction of sp³-hybridized carbons (Fsp3) is 0.333. The number of nitrogens with zero attached hydrogens (tertiary/aromatic N) is 2. The predicted molar refractivity (Wildman–Crippen MR) is 77.2 cm³/mol. The highest BCUT2D eigenvalue weighted by Gasteiger charge is 2.21. The van der Waals surface area contributed by atoms with Crippen molar-refractivity contribution in [2.75, 3.05) is 13.2 Å². The van der Waals surface area contributed by atoms with Gasteiger partial charge in [0.1, 0.15) is 6.07 Å². The molecule has 5 nitrogen and oxygen atoms in total. The summed E-state index contributed by atoms with van der Waals surface area (Å²) in [6, 6.07) is 10.9. The van der Waals surface area contributed by atoms with Gasteiger partial charge in [-0.05, 0) is 13.8 Å². The molecular weight excluding hydrogens is 283 g/mol. The van der Waals surface area contributed by atoms with E-state index in [4.69, 9.17) is 30.7 Å². The number of rotatable bonds is 7. The Hall–Kier alpha value is -1.25. The number of nitriles is 1. The Morgan fingerprint density at radius 2 is 1.84 bits per heavy atom. The van der Waals surface area contributed by atoms with Crippen molar-refractivity contribution in [2.24, 2.45) is 5.16 Å². The highest BCUT2D eigenvalue weighted by Crippen LogP contribution is 2.50. The maximum Gasteiger partial charge on any atom is 0.402 e. The van der Waals surface area contributed by atoms with E-state index in [-0.39, 0.29) is 5.71 Å². The van der Waals surface area contributed by atoms with Crippen LogP contribution in [0.15, 0.2) is 35.5 Å². The monoisotopic (exact) mass is 298 g/mol. The molecule has 7 heteroatoms. The smallest absolute Gasteiger partial charge is 0.312 e. The summed E-state index contributed by atoms with van der Waals surface area (Å²) in [6.45, 7) is 1.38. The minimum absolute atomic E-state index is 0.134. The number of oxime groups is 1. The highest BCUT2D eigenvalue weighted by molar-refractivity contribution is 8.07. The molecule has 0 unspecified atom stereocenters. The summed E-state index contributed by atoms with van der Waals surface area (Å²) in [4.78, 5) is 0. The molecule has 0 radical (unpaired) electrons. The molecule has 1 aromatic carbocycles. The van der Waals surface area contributed by atoms with E-state index in [0.717, 1.165) is 0 Å². The van der Waals surface area contributed by atoms with Gasteiger partial charge >= 0.3 is 6.72 Å². The normalized spacial score (nSPS) is 11.9. The Morgan fingerprint density at radius 3 is 2.32 bits per heavy atom. The van der Waals surface area contributed by atoms with Crippen molar-refractivity contribution in [3.05, 3.63) is 35.9 Å². The van der Waals surface area contributed by atoms with Crippen LogP contribution in [0, 0.1) is 11.3 Å². The van der Waals surface area contributed by atoms with Gasteiger partial charge in [-0.3, -0.25) is 9.05 Å². The van der Waals surface area contributed by atoms with Gasteiger partial charge in [0, 0.05) is 17.4 Å². The molecule has 0 aromatic heterocycles. The average Bonchev–Trinajstić information content (AvgIpc) is 2.41. The van der Waals surface area contributed by atoms with Crippen LogP contribution >= 0.6 is 6.72 Å². The molecule has 0 bridgehead atoms. The summed E-state index contributed by atoms with van der Waals surface area (Å²) in [5.74, 6) is 0. The maximum absolute atomic E-state index is 9.07. The molecule has 19 heavy (non-hydrogen) atoms. The van der Waals surface area contributed by atoms with Gasteiger partial charge in [0.25, 0.3) is 0 Å². The molecule has 0 aliphatic rings. The molecule has 0 spiro atoms. The van der Waals surface area contributed by atoms with Gasteiger partial charge in [-0.15, -0.1) is 0 Å². The first kappa shape index (κ1) is 15.8. The lowest BCUT2D eigenvalue weighted by molar-refractivity contribution is 0.172. The summed E-state index contributed by atoms with van der Waals surface area (Å²) in [5, 5.41) is 12.8. The third-order valence-electron chi connectivity index (χ3n) is 1.96. The van der Waals surface area contributed by atoms with Gasteiger partial charge in [-0.25, -0.2) is 0 Å². The quantitative estimate of drug-likeness (QED) is 0.439. The van der Waals surface area contributed by atoms with Crippen LogP contribution in [0.3, 0.4) is 0 Å². The molecule has 102 valence electrons.